The van der Waals surface area contributed by atoms with Gasteiger partial charge in [-0.2, -0.15) is 9.29 Å². The molecule has 0 radical (unpaired) electrons. The summed E-state index contributed by atoms with van der Waals surface area (Å²) in [5.74, 6) is 1.39. The number of methoxy groups -OCH3 is 1. The van der Waals surface area contributed by atoms with Gasteiger partial charge in [0.15, 0.2) is 0 Å². The van der Waals surface area contributed by atoms with Crippen LogP contribution >= 0.6 is 0 Å². The molecule has 1 amide bonds. The predicted octanol–water partition coefficient (Wildman–Crippen LogP) is 3.02. The zero-order valence-corrected chi connectivity index (χ0v) is 19.9. The van der Waals surface area contributed by atoms with Gasteiger partial charge in [-0.15, -0.1) is 0 Å². The minimum atomic E-state index is -3.53. The average molecular weight is 473 g/mol. The normalized spacial score (nSPS) is 11.7. The van der Waals surface area contributed by atoms with Crippen molar-refractivity contribution in [2.24, 2.45) is 0 Å². The molecule has 0 aliphatic rings. The van der Waals surface area contributed by atoms with E-state index in [4.69, 9.17) is 9.26 Å². The highest BCUT2D eigenvalue weighted by atomic mass is 32.2. The number of hydrogen-bond acceptors (Lipinski definition) is 7. The lowest BCUT2D eigenvalue weighted by Crippen LogP contribution is -2.33. The number of benzene rings is 2. The Balaban J connectivity index is 1.49. The van der Waals surface area contributed by atoms with E-state index < -0.39 is 10.0 Å². The highest BCUT2D eigenvalue weighted by Crippen LogP contribution is 2.20. The van der Waals surface area contributed by atoms with Gasteiger partial charge in [0.2, 0.25) is 27.6 Å². The largest absolute Gasteiger partial charge is 0.497 e. The molecule has 0 spiro atoms. The van der Waals surface area contributed by atoms with Crippen LogP contribution in [0.4, 0.5) is 0 Å². The minimum absolute atomic E-state index is 0.139. The molecule has 33 heavy (non-hydrogen) atoms. The molecule has 3 aromatic rings. The molecular formula is C23H28N4O5S. The second-order valence-corrected chi connectivity index (χ2v) is 9.77. The monoisotopic (exact) mass is 472 g/mol. The van der Waals surface area contributed by atoms with Crippen LogP contribution in [-0.2, 0) is 27.8 Å². The van der Waals surface area contributed by atoms with Crippen molar-refractivity contribution in [2.45, 2.75) is 44.2 Å². The first-order chi connectivity index (χ1) is 15.7. The third-order valence-electron chi connectivity index (χ3n) is 5.20. The van der Waals surface area contributed by atoms with Gasteiger partial charge in [0.25, 0.3) is 0 Å². The summed E-state index contributed by atoms with van der Waals surface area (Å²) in [6, 6.07) is 13.6. The fourth-order valence-electron chi connectivity index (χ4n) is 2.95. The number of carbonyl (C=O) groups excluding carboxylic acids is 1. The molecule has 2 aromatic carbocycles. The molecule has 3 rings (SSSR count). The van der Waals surface area contributed by atoms with Crippen LogP contribution in [0.2, 0.25) is 0 Å². The van der Waals surface area contributed by atoms with Crippen LogP contribution in [0.1, 0.15) is 31.7 Å². The fraction of sp³-hybridized carbons (Fsp3) is 0.348. The van der Waals surface area contributed by atoms with E-state index in [-0.39, 0.29) is 23.3 Å². The molecule has 1 heterocycles. The van der Waals surface area contributed by atoms with Gasteiger partial charge in [-0.25, -0.2) is 8.42 Å². The molecule has 0 unspecified atom stereocenters. The lowest BCUT2D eigenvalue weighted by Gasteiger charge is -2.21. The first-order valence-corrected chi connectivity index (χ1v) is 12.0. The van der Waals surface area contributed by atoms with E-state index in [9.17, 15) is 13.2 Å². The van der Waals surface area contributed by atoms with Gasteiger partial charge in [0.05, 0.1) is 12.0 Å². The van der Waals surface area contributed by atoms with Crippen LogP contribution < -0.4 is 10.1 Å². The van der Waals surface area contributed by atoms with Gasteiger partial charge >= 0.3 is 0 Å². The number of ether oxygens (including phenoxy) is 1. The SMILES string of the molecule is COc1ccc(-c2noc(CCC(=O)NCc3ccc(S(=O)(=O)N(C)C(C)C)cc3)n2)cc1. The fourth-order valence-corrected chi connectivity index (χ4v) is 4.31. The van der Waals surface area contributed by atoms with Crippen LogP contribution in [0.15, 0.2) is 57.9 Å². The first kappa shape index (κ1) is 24.4. The molecule has 0 fully saturated rings. The van der Waals surface area contributed by atoms with Crippen LogP contribution in [0.25, 0.3) is 11.4 Å². The summed E-state index contributed by atoms with van der Waals surface area (Å²) in [4.78, 5) is 16.8. The van der Waals surface area contributed by atoms with E-state index in [0.717, 1.165) is 16.9 Å². The van der Waals surface area contributed by atoms with Crippen LogP contribution in [-0.4, -0.2) is 49.0 Å². The number of amides is 1. The second kappa shape index (κ2) is 10.6. The number of carbonyl (C=O) groups is 1. The van der Waals surface area contributed by atoms with Gasteiger partial charge in [-0.3, -0.25) is 4.79 Å². The van der Waals surface area contributed by atoms with Crippen LogP contribution in [0, 0.1) is 0 Å². The Kier molecular flexibility index (Phi) is 7.83. The Morgan fingerprint density at radius 2 is 1.79 bits per heavy atom. The Hall–Kier alpha value is -3.24. The zero-order chi connectivity index (χ0) is 24.0. The maximum absolute atomic E-state index is 12.5. The zero-order valence-electron chi connectivity index (χ0n) is 19.1. The molecule has 0 atom stereocenters. The van der Waals surface area contributed by atoms with Gasteiger partial charge in [0.1, 0.15) is 5.75 Å². The Bertz CT molecular complexity index is 1170. The van der Waals surface area contributed by atoms with Crippen molar-refractivity contribution < 1.29 is 22.5 Å². The molecular weight excluding hydrogens is 444 g/mol. The molecule has 176 valence electrons. The smallest absolute Gasteiger partial charge is 0.243 e. The lowest BCUT2D eigenvalue weighted by atomic mass is 10.2. The molecule has 10 heteroatoms. The van der Waals surface area contributed by atoms with Gasteiger partial charge in [0, 0.05) is 38.0 Å². The number of hydrogen-bond donors (Lipinski definition) is 1. The number of aryl methyl sites for hydroxylation is 1. The maximum atomic E-state index is 12.5. The molecule has 0 aliphatic carbocycles. The number of nitrogens with one attached hydrogen (secondary N) is 1. The van der Waals surface area contributed by atoms with Crippen molar-refractivity contribution in [3.8, 4) is 17.1 Å². The van der Waals surface area contributed by atoms with Crippen molar-refractivity contribution in [3.05, 3.63) is 60.0 Å². The third kappa shape index (κ3) is 6.17. The van der Waals surface area contributed by atoms with E-state index in [1.165, 1.54) is 4.31 Å². The molecule has 0 saturated heterocycles. The van der Waals surface area contributed by atoms with Gasteiger partial charge in [-0.1, -0.05) is 17.3 Å². The van der Waals surface area contributed by atoms with E-state index in [0.29, 0.717) is 24.7 Å². The van der Waals surface area contributed by atoms with Crippen molar-refractivity contribution in [2.75, 3.05) is 14.2 Å². The summed E-state index contributed by atoms with van der Waals surface area (Å²) in [6.07, 6.45) is 0.504. The summed E-state index contributed by atoms with van der Waals surface area (Å²) in [5.41, 5.74) is 1.59. The van der Waals surface area contributed by atoms with Crippen molar-refractivity contribution in [1.82, 2.24) is 19.8 Å². The highest BCUT2D eigenvalue weighted by Gasteiger charge is 2.22. The summed E-state index contributed by atoms with van der Waals surface area (Å²) in [6.45, 7) is 3.92. The molecule has 0 aliphatic heterocycles. The summed E-state index contributed by atoms with van der Waals surface area (Å²) >= 11 is 0. The van der Waals surface area contributed by atoms with Gasteiger partial charge < -0.3 is 14.6 Å². The first-order valence-electron chi connectivity index (χ1n) is 10.5. The Morgan fingerprint density at radius 3 is 2.39 bits per heavy atom. The number of rotatable bonds is 10. The number of sulfonamides is 1. The molecule has 9 nitrogen and oxygen atoms in total. The van der Waals surface area contributed by atoms with Crippen LogP contribution in [0.5, 0.6) is 5.75 Å². The number of nitrogens with zero attached hydrogens (tertiary/aromatic N) is 3. The quantitative estimate of drug-likeness (QED) is 0.482. The average Bonchev–Trinajstić information content (AvgIpc) is 3.30. The molecule has 1 aromatic heterocycles. The summed E-state index contributed by atoms with van der Waals surface area (Å²) in [7, 11) is -0.382. The second-order valence-electron chi connectivity index (χ2n) is 7.78. The minimum Gasteiger partial charge on any atom is -0.497 e. The Morgan fingerprint density at radius 1 is 1.12 bits per heavy atom. The van der Waals surface area contributed by atoms with Crippen molar-refractivity contribution in [3.63, 3.8) is 0 Å². The standard InChI is InChI=1S/C23H28N4O5S/c1-16(2)27(3)33(29,30)20-11-5-17(6-12-20)15-24-21(28)13-14-22-25-23(26-32-22)18-7-9-19(31-4)10-8-18/h5-12,16H,13-15H2,1-4H3,(H,24,28). The molecule has 0 bridgehead atoms. The van der Waals surface area contributed by atoms with Gasteiger partial charge in [-0.05, 0) is 55.8 Å². The van der Waals surface area contributed by atoms with Crippen LogP contribution in [0.3, 0.4) is 0 Å². The van der Waals surface area contributed by atoms with E-state index in [2.05, 4.69) is 15.5 Å². The molecule has 0 saturated carbocycles. The maximum Gasteiger partial charge on any atom is 0.243 e. The third-order valence-corrected chi connectivity index (χ3v) is 7.25. The topological polar surface area (TPSA) is 115 Å². The predicted molar refractivity (Wildman–Crippen MR) is 123 cm³/mol. The highest BCUT2D eigenvalue weighted by molar-refractivity contribution is 7.89. The Labute approximate surface area is 193 Å². The summed E-state index contributed by atoms with van der Waals surface area (Å²) in [5, 5.41) is 6.77. The number of aromatic nitrogens is 2. The lowest BCUT2D eigenvalue weighted by molar-refractivity contribution is -0.121. The van der Waals surface area contributed by atoms with Crippen molar-refractivity contribution in [1.29, 1.82) is 0 Å². The molecule has 1 N–H and O–H groups in total. The summed E-state index contributed by atoms with van der Waals surface area (Å²) < 4.78 is 36.7. The van der Waals surface area contributed by atoms with Crippen molar-refractivity contribution >= 4 is 15.9 Å². The van der Waals surface area contributed by atoms with E-state index in [1.807, 2.05) is 38.1 Å². The van der Waals surface area contributed by atoms with E-state index in [1.54, 1.807) is 38.4 Å². The van der Waals surface area contributed by atoms with E-state index >= 15 is 0 Å².